The molecular formula is C23H33F3N8O3. The Balaban J connectivity index is 1.69. The van der Waals surface area contributed by atoms with Crippen molar-refractivity contribution >= 4 is 11.8 Å². The Bertz CT molecular complexity index is 1060. The van der Waals surface area contributed by atoms with Crippen LogP contribution in [-0.4, -0.2) is 44.7 Å². The van der Waals surface area contributed by atoms with Crippen LogP contribution in [0.15, 0.2) is 42.4 Å². The molecule has 0 spiro atoms. The summed E-state index contributed by atoms with van der Waals surface area (Å²) in [6.07, 6.45) is 0.110. The summed E-state index contributed by atoms with van der Waals surface area (Å²) in [5.74, 6) is 5.14. The van der Waals surface area contributed by atoms with E-state index in [2.05, 4.69) is 25.7 Å². The topological polar surface area (TPSA) is 153 Å². The van der Waals surface area contributed by atoms with Gasteiger partial charge in [-0.05, 0) is 36.5 Å². The number of hydrazine groups is 1. The Morgan fingerprint density at radius 3 is 2.68 bits per heavy atom. The smallest absolute Gasteiger partial charge is 0.406 e. The Labute approximate surface area is 213 Å². The molecule has 1 aromatic heterocycles. The third kappa shape index (κ3) is 12.1. The molecule has 1 heterocycles. The number of hydrogen-bond acceptors (Lipinski definition) is 8. The second-order valence-electron chi connectivity index (χ2n) is 8.75. The van der Waals surface area contributed by atoms with Gasteiger partial charge in [-0.1, -0.05) is 31.2 Å². The average molecular weight is 527 g/mol. The Hall–Kier alpha value is -3.81. The number of rotatable bonds is 14. The number of halogens is 3. The molecule has 0 saturated heterocycles. The van der Waals surface area contributed by atoms with Crippen molar-refractivity contribution in [1.29, 1.82) is 0 Å². The van der Waals surface area contributed by atoms with Crippen LogP contribution in [0.1, 0.15) is 44.4 Å². The van der Waals surface area contributed by atoms with Crippen LogP contribution in [0.25, 0.3) is 0 Å². The largest absolute Gasteiger partial charge is 0.573 e. The number of ether oxygens (including phenoxy) is 1. The van der Waals surface area contributed by atoms with Gasteiger partial charge in [0.25, 0.3) is 5.91 Å². The first-order valence-electron chi connectivity index (χ1n) is 11.7. The van der Waals surface area contributed by atoms with E-state index in [4.69, 9.17) is 11.6 Å². The van der Waals surface area contributed by atoms with Crippen LogP contribution >= 0.6 is 0 Å². The lowest BCUT2D eigenvalue weighted by Gasteiger charge is -2.15. The van der Waals surface area contributed by atoms with Gasteiger partial charge in [0.05, 0.1) is 12.7 Å². The molecule has 0 fully saturated rings. The van der Waals surface area contributed by atoms with Gasteiger partial charge < -0.3 is 26.1 Å². The van der Waals surface area contributed by atoms with Crippen LogP contribution in [0.5, 0.6) is 5.75 Å². The molecule has 0 aliphatic rings. The van der Waals surface area contributed by atoms with Crippen LogP contribution < -0.4 is 26.9 Å². The molecule has 0 saturated carbocycles. The molecule has 0 atom stereocenters. The molecule has 2 aromatic rings. The van der Waals surface area contributed by atoms with E-state index in [1.807, 2.05) is 13.8 Å². The second-order valence-corrected chi connectivity index (χ2v) is 8.75. The summed E-state index contributed by atoms with van der Waals surface area (Å²) in [7, 11) is 0. The molecule has 2 amide bonds. The first-order valence-corrected chi connectivity index (χ1v) is 11.7. The molecule has 0 radical (unpaired) electrons. The van der Waals surface area contributed by atoms with Gasteiger partial charge in [-0.25, -0.2) is 5.84 Å². The molecule has 0 aliphatic heterocycles. The third-order valence-corrected chi connectivity index (χ3v) is 4.85. The monoisotopic (exact) mass is 526 g/mol. The van der Waals surface area contributed by atoms with Gasteiger partial charge in [-0.15, -0.1) is 18.3 Å². The van der Waals surface area contributed by atoms with Gasteiger partial charge in [0.1, 0.15) is 17.1 Å². The van der Waals surface area contributed by atoms with Gasteiger partial charge in [0.15, 0.2) is 0 Å². The number of nitrogens with one attached hydrogen (secondary N) is 2. The van der Waals surface area contributed by atoms with Gasteiger partial charge in [0.2, 0.25) is 5.91 Å². The van der Waals surface area contributed by atoms with E-state index >= 15 is 0 Å². The van der Waals surface area contributed by atoms with Gasteiger partial charge in [0, 0.05) is 32.3 Å². The van der Waals surface area contributed by atoms with Crippen molar-refractivity contribution in [3.8, 4) is 5.75 Å². The maximum Gasteiger partial charge on any atom is 0.573 e. The van der Waals surface area contributed by atoms with Crippen LogP contribution in [0.4, 0.5) is 13.2 Å². The van der Waals surface area contributed by atoms with E-state index in [1.165, 1.54) is 23.3 Å². The minimum absolute atomic E-state index is 0.0293. The fourth-order valence-electron chi connectivity index (χ4n) is 3.17. The van der Waals surface area contributed by atoms with Crippen LogP contribution in [0.2, 0.25) is 0 Å². The van der Waals surface area contributed by atoms with Crippen LogP contribution in [-0.2, 0) is 29.2 Å². The van der Waals surface area contributed by atoms with Crippen LogP contribution in [0, 0.1) is 5.92 Å². The number of alkyl halides is 3. The predicted molar refractivity (Wildman–Crippen MR) is 129 cm³/mol. The van der Waals surface area contributed by atoms with Gasteiger partial charge in [-0.2, -0.15) is 0 Å². The molecule has 0 bridgehead atoms. The quantitative estimate of drug-likeness (QED) is 0.126. The summed E-state index contributed by atoms with van der Waals surface area (Å²) in [5, 5.41) is 14.7. The maximum atomic E-state index is 12.3. The molecule has 6 N–H and O–H groups in total. The Kier molecular flexibility index (Phi) is 11.2. The first kappa shape index (κ1) is 29.4. The Morgan fingerprint density at radius 2 is 1.97 bits per heavy atom. The normalized spacial score (nSPS) is 11.9. The number of unbranched alkanes of at least 4 members (excludes halogenated alkanes) is 1. The molecule has 0 aliphatic carbocycles. The van der Waals surface area contributed by atoms with Crippen molar-refractivity contribution < 1.29 is 27.5 Å². The highest BCUT2D eigenvalue weighted by atomic mass is 19.4. The molecule has 11 nitrogen and oxygen atoms in total. The molecule has 37 heavy (non-hydrogen) atoms. The number of nitrogens with zero attached hydrogens (tertiary/aromatic N) is 4. The molecule has 0 unspecified atom stereocenters. The van der Waals surface area contributed by atoms with Crippen molar-refractivity contribution in [3.63, 3.8) is 0 Å². The number of benzene rings is 1. The summed E-state index contributed by atoms with van der Waals surface area (Å²) in [4.78, 5) is 23.9. The number of nitrogens with two attached hydrogens (primary N) is 2. The zero-order valence-corrected chi connectivity index (χ0v) is 20.8. The van der Waals surface area contributed by atoms with Crippen molar-refractivity contribution in [2.45, 2.75) is 59.1 Å². The molecule has 2 rings (SSSR count). The minimum Gasteiger partial charge on any atom is -0.406 e. The highest BCUT2D eigenvalue weighted by Gasteiger charge is 2.31. The van der Waals surface area contributed by atoms with Gasteiger partial charge in [-0.3, -0.25) is 14.3 Å². The highest BCUT2D eigenvalue weighted by molar-refractivity contribution is 5.92. The van der Waals surface area contributed by atoms with E-state index in [-0.39, 0.29) is 29.8 Å². The first-order chi connectivity index (χ1) is 17.4. The van der Waals surface area contributed by atoms with E-state index in [0.717, 1.165) is 12.5 Å². The standard InChI is InChI=1S/C23H33F3N8O3/c1-16(2)10-21(35)29-13-18-14-34(32-31-18)9-4-3-8-33(28)15-20(27)22(36)30-12-17-6-5-7-19(11-17)37-23(24,25)26/h5-7,11,14-16H,3-4,8-10,12-13,27-28H2,1-2H3,(H,29,35)(H,30,36)/b20-15-. The van der Waals surface area contributed by atoms with E-state index in [1.54, 1.807) is 16.9 Å². The minimum atomic E-state index is -4.80. The lowest BCUT2D eigenvalue weighted by atomic mass is 10.1. The molecular weight excluding hydrogens is 493 g/mol. The highest BCUT2D eigenvalue weighted by Crippen LogP contribution is 2.23. The summed E-state index contributed by atoms with van der Waals surface area (Å²) < 4.78 is 42.6. The van der Waals surface area contributed by atoms with E-state index in [9.17, 15) is 22.8 Å². The summed E-state index contributed by atoms with van der Waals surface area (Å²) >= 11 is 0. The molecule has 1 aromatic carbocycles. The van der Waals surface area contributed by atoms with Gasteiger partial charge >= 0.3 is 6.36 Å². The van der Waals surface area contributed by atoms with Crippen LogP contribution in [0.3, 0.4) is 0 Å². The molecule has 204 valence electrons. The number of aryl methyl sites for hydroxylation is 1. The fraction of sp³-hybridized carbons (Fsp3) is 0.478. The zero-order valence-electron chi connectivity index (χ0n) is 20.8. The fourth-order valence-corrected chi connectivity index (χ4v) is 3.17. The lowest BCUT2D eigenvalue weighted by molar-refractivity contribution is -0.274. The zero-order chi connectivity index (χ0) is 27.4. The second kappa shape index (κ2) is 14.1. The van der Waals surface area contributed by atoms with E-state index < -0.39 is 12.3 Å². The number of carbonyl (C=O) groups is 2. The van der Waals surface area contributed by atoms with Crippen molar-refractivity contribution in [2.24, 2.45) is 17.5 Å². The number of amides is 2. The maximum absolute atomic E-state index is 12.3. The third-order valence-electron chi connectivity index (χ3n) is 4.85. The molecule has 14 heteroatoms. The van der Waals surface area contributed by atoms with Crippen molar-refractivity contribution in [3.05, 3.63) is 53.6 Å². The summed E-state index contributed by atoms with van der Waals surface area (Å²) in [6.45, 7) is 5.23. The SMILES string of the molecule is CC(C)CC(=O)NCc1cn(CCCCN(N)/C=C(\N)C(=O)NCc2cccc(OC(F)(F)F)c2)nn1. The van der Waals surface area contributed by atoms with E-state index in [0.29, 0.717) is 43.7 Å². The number of hydrogen-bond donors (Lipinski definition) is 4. The number of carbonyl (C=O) groups excluding carboxylic acids is 2. The predicted octanol–water partition coefficient (Wildman–Crippen LogP) is 1.91. The van der Waals surface area contributed by atoms with Crippen molar-refractivity contribution in [2.75, 3.05) is 6.54 Å². The van der Waals surface area contributed by atoms with Crippen molar-refractivity contribution in [1.82, 2.24) is 30.6 Å². The number of aromatic nitrogens is 3. The lowest BCUT2D eigenvalue weighted by Crippen LogP contribution is -2.33. The average Bonchev–Trinajstić information content (AvgIpc) is 3.25. The summed E-state index contributed by atoms with van der Waals surface area (Å²) in [6, 6.07) is 5.26. The summed E-state index contributed by atoms with van der Waals surface area (Å²) in [5.41, 5.74) is 6.69. The Morgan fingerprint density at radius 1 is 1.22 bits per heavy atom.